The van der Waals surface area contributed by atoms with E-state index in [1.54, 1.807) is 4.90 Å². The highest BCUT2D eigenvalue weighted by Crippen LogP contribution is 2.22. The number of halogens is 1. The standard InChI is InChI=1S/C25H26BrN3O2/c1-19(21-11-6-3-7-12-21)29(25(31)28-23-14-8-13-22(26)17-23)16-15-24(30)27-18-20-9-4-2-5-10-20/h2-14,17,19H,15-16,18H2,1H3,(H,27,30)(H,28,31). The van der Waals surface area contributed by atoms with Gasteiger partial charge in [-0.05, 0) is 36.2 Å². The molecule has 1 atom stereocenters. The van der Waals surface area contributed by atoms with Gasteiger partial charge >= 0.3 is 6.03 Å². The van der Waals surface area contributed by atoms with E-state index < -0.39 is 0 Å². The van der Waals surface area contributed by atoms with Crippen LogP contribution in [0.3, 0.4) is 0 Å². The van der Waals surface area contributed by atoms with Crippen molar-refractivity contribution in [3.05, 3.63) is 101 Å². The van der Waals surface area contributed by atoms with Crippen molar-refractivity contribution in [2.24, 2.45) is 0 Å². The zero-order valence-corrected chi connectivity index (χ0v) is 19.0. The molecule has 0 bridgehead atoms. The molecule has 3 aromatic carbocycles. The lowest BCUT2D eigenvalue weighted by molar-refractivity contribution is -0.121. The van der Waals surface area contributed by atoms with Gasteiger partial charge in [0.2, 0.25) is 5.91 Å². The fourth-order valence-electron chi connectivity index (χ4n) is 3.25. The van der Waals surface area contributed by atoms with Crippen molar-refractivity contribution in [3.63, 3.8) is 0 Å². The maximum Gasteiger partial charge on any atom is 0.322 e. The smallest absolute Gasteiger partial charge is 0.322 e. The molecule has 3 aromatic rings. The number of urea groups is 1. The highest BCUT2D eigenvalue weighted by Gasteiger charge is 2.22. The number of amides is 3. The Hall–Kier alpha value is -3.12. The summed E-state index contributed by atoms with van der Waals surface area (Å²) >= 11 is 3.42. The van der Waals surface area contributed by atoms with Gasteiger partial charge in [0, 0.05) is 29.7 Å². The van der Waals surface area contributed by atoms with Crippen LogP contribution < -0.4 is 10.6 Å². The van der Waals surface area contributed by atoms with E-state index in [1.165, 1.54) is 0 Å². The number of hydrogen-bond acceptors (Lipinski definition) is 2. The Morgan fingerprint density at radius 3 is 2.29 bits per heavy atom. The van der Waals surface area contributed by atoms with E-state index in [4.69, 9.17) is 0 Å². The number of hydrogen-bond donors (Lipinski definition) is 2. The van der Waals surface area contributed by atoms with Gasteiger partial charge in [0.15, 0.2) is 0 Å². The maximum absolute atomic E-state index is 13.1. The molecule has 0 saturated carbocycles. The third-order valence-corrected chi connectivity index (χ3v) is 5.49. The predicted molar refractivity (Wildman–Crippen MR) is 128 cm³/mol. The van der Waals surface area contributed by atoms with Crippen LogP contribution in [0.25, 0.3) is 0 Å². The van der Waals surface area contributed by atoms with E-state index in [0.717, 1.165) is 15.6 Å². The van der Waals surface area contributed by atoms with Gasteiger partial charge in [0.05, 0.1) is 6.04 Å². The minimum atomic E-state index is -0.245. The van der Waals surface area contributed by atoms with Crippen molar-refractivity contribution in [2.75, 3.05) is 11.9 Å². The highest BCUT2D eigenvalue weighted by molar-refractivity contribution is 9.10. The lowest BCUT2D eigenvalue weighted by atomic mass is 10.1. The molecule has 0 aliphatic carbocycles. The summed E-state index contributed by atoms with van der Waals surface area (Å²) in [5, 5.41) is 5.87. The first-order valence-electron chi connectivity index (χ1n) is 10.2. The largest absolute Gasteiger partial charge is 0.352 e. The molecule has 2 N–H and O–H groups in total. The second-order valence-electron chi connectivity index (χ2n) is 7.23. The molecule has 0 aliphatic rings. The van der Waals surface area contributed by atoms with Crippen LogP contribution in [0.5, 0.6) is 0 Å². The molecule has 160 valence electrons. The number of nitrogens with one attached hydrogen (secondary N) is 2. The minimum Gasteiger partial charge on any atom is -0.352 e. The summed E-state index contributed by atoms with van der Waals surface area (Å²) in [7, 11) is 0. The quantitative estimate of drug-likeness (QED) is 0.431. The minimum absolute atomic E-state index is 0.0932. The third-order valence-electron chi connectivity index (χ3n) is 5.00. The summed E-state index contributed by atoms with van der Waals surface area (Å²) < 4.78 is 0.883. The van der Waals surface area contributed by atoms with Crippen LogP contribution >= 0.6 is 15.9 Å². The molecule has 0 heterocycles. The topological polar surface area (TPSA) is 61.4 Å². The molecule has 0 spiro atoms. The Labute approximate surface area is 191 Å². The molecule has 3 amide bonds. The Morgan fingerprint density at radius 1 is 0.935 bits per heavy atom. The van der Waals surface area contributed by atoms with E-state index in [-0.39, 0.29) is 24.4 Å². The first kappa shape index (κ1) is 22.6. The van der Waals surface area contributed by atoms with E-state index >= 15 is 0 Å². The monoisotopic (exact) mass is 479 g/mol. The zero-order chi connectivity index (χ0) is 22.1. The Kier molecular flexibility index (Phi) is 8.24. The van der Waals surface area contributed by atoms with Crippen molar-refractivity contribution in [3.8, 4) is 0 Å². The van der Waals surface area contributed by atoms with E-state index in [0.29, 0.717) is 18.8 Å². The second-order valence-corrected chi connectivity index (χ2v) is 8.15. The summed E-state index contributed by atoms with van der Waals surface area (Å²) in [5.41, 5.74) is 2.74. The van der Waals surface area contributed by atoms with Gasteiger partial charge in [-0.2, -0.15) is 0 Å². The molecule has 0 aromatic heterocycles. The molecule has 5 nitrogen and oxygen atoms in total. The van der Waals surface area contributed by atoms with Crippen molar-refractivity contribution in [1.29, 1.82) is 0 Å². The lowest BCUT2D eigenvalue weighted by Gasteiger charge is -2.29. The summed E-state index contributed by atoms with van der Waals surface area (Å²) in [6.07, 6.45) is 0.218. The van der Waals surface area contributed by atoms with Crippen LogP contribution in [-0.4, -0.2) is 23.4 Å². The van der Waals surface area contributed by atoms with Gasteiger partial charge in [-0.15, -0.1) is 0 Å². The molecular weight excluding hydrogens is 454 g/mol. The van der Waals surface area contributed by atoms with Crippen molar-refractivity contribution in [1.82, 2.24) is 10.2 Å². The average Bonchev–Trinajstić information content (AvgIpc) is 2.79. The van der Waals surface area contributed by atoms with E-state index in [2.05, 4.69) is 26.6 Å². The summed E-state index contributed by atoms with van der Waals surface area (Å²) in [4.78, 5) is 27.2. The molecule has 0 fully saturated rings. The van der Waals surface area contributed by atoms with Crippen LogP contribution in [0.4, 0.5) is 10.5 Å². The highest BCUT2D eigenvalue weighted by atomic mass is 79.9. The third kappa shape index (κ3) is 6.96. The molecular formula is C25H26BrN3O2. The molecule has 6 heteroatoms. The maximum atomic E-state index is 13.1. The number of rotatable bonds is 8. The van der Waals surface area contributed by atoms with Crippen molar-refractivity contribution >= 4 is 33.6 Å². The van der Waals surface area contributed by atoms with Crippen LogP contribution in [-0.2, 0) is 11.3 Å². The Bertz CT molecular complexity index is 996. The number of nitrogens with zero attached hydrogens (tertiary/aromatic N) is 1. The van der Waals surface area contributed by atoms with Gasteiger partial charge in [0.1, 0.15) is 0 Å². The molecule has 0 aliphatic heterocycles. The lowest BCUT2D eigenvalue weighted by Crippen LogP contribution is -2.39. The van der Waals surface area contributed by atoms with Crippen LogP contribution in [0.2, 0.25) is 0 Å². The molecule has 0 radical (unpaired) electrons. The SMILES string of the molecule is CC(c1ccccc1)N(CCC(=O)NCc1ccccc1)C(=O)Nc1cccc(Br)c1. The summed E-state index contributed by atoms with van der Waals surface area (Å²) in [6.45, 7) is 2.74. The first-order valence-corrected chi connectivity index (χ1v) is 11.0. The van der Waals surface area contributed by atoms with Crippen LogP contribution in [0.1, 0.15) is 30.5 Å². The van der Waals surface area contributed by atoms with Crippen LogP contribution in [0.15, 0.2) is 89.4 Å². The van der Waals surface area contributed by atoms with Gasteiger partial charge < -0.3 is 15.5 Å². The summed E-state index contributed by atoms with van der Waals surface area (Å²) in [5.74, 6) is -0.0932. The summed E-state index contributed by atoms with van der Waals surface area (Å²) in [6, 6.07) is 26.6. The molecule has 0 saturated heterocycles. The van der Waals surface area contributed by atoms with Crippen molar-refractivity contribution < 1.29 is 9.59 Å². The molecule has 31 heavy (non-hydrogen) atoms. The number of anilines is 1. The van der Waals surface area contributed by atoms with E-state index in [9.17, 15) is 9.59 Å². The first-order chi connectivity index (χ1) is 15.0. The number of carbonyl (C=O) groups is 2. The molecule has 3 rings (SSSR count). The zero-order valence-electron chi connectivity index (χ0n) is 17.4. The fraction of sp³-hybridized carbons (Fsp3) is 0.200. The molecule has 1 unspecified atom stereocenters. The van der Waals surface area contributed by atoms with Crippen molar-refractivity contribution in [2.45, 2.75) is 25.9 Å². The van der Waals surface area contributed by atoms with Gasteiger partial charge in [-0.1, -0.05) is 82.7 Å². The second kappa shape index (κ2) is 11.3. The number of benzene rings is 3. The average molecular weight is 480 g/mol. The van der Waals surface area contributed by atoms with Gasteiger partial charge in [0.25, 0.3) is 0 Å². The normalized spacial score (nSPS) is 11.4. The predicted octanol–water partition coefficient (Wildman–Crippen LogP) is 5.75. The van der Waals surface area contributed by atoms with Gasteiger partial charge in [-0.25, -0.2) is 4.79 Å². The van der Waals surface area contributed by atoms with Gasteiger partial charge in [-0.3, -0.25) is 4.79 Å². The Morgan fingerprint density at radius 2 is 1.61 bits per heavy atom. The van der Waals surface area contributed by atoms with E-state index in [1.807, 2.05) is 91.9 Å². The fourth-order valence-corrected chi connectivity index (χ4v) is 3.65. The van der Waals surface area contributed by atoms with Crippen LogP contribution in [0, 0.1) is 0 Å². The number of carbonyl (C=O) groups excluding carboxylic acids is 2. The Balaban J connectivity index is 1.66.